The normalized spacial score (nSPS) is 20.0. The molecule has 0 atom stereocenters. The van der Waals surface area contributed by atoms with Crippen LogP contribution in [0, 0.1) is 0 Å². The van der Waals surface area contributed by atoms with Crippen LogP contribution in [-0.4, -0.2) is 65.7 Å². The Morgan fingerprint density at radius 3 is 2.50 bits per heavy atom. The zero-order valence-electron chi connectivity index (χ0n) is 12.2. The molecule has 1 aliphatic heterocycles. The number of piperazine rings is 1. The van der Waals surface area contributed by atoms with Crippen molar-refractivity contribution in [3.05, 3.63) is 0 Å². The first-order chi connectivity index (χ1) is 9.80. The number of ether oxygens (including phenoxy) is 1. The zero-order valence-corrected chi connectivity index (χ0v) is 12.2. The smallest absolute Gasteiger partial charge is 0.323 e. The lowest BCUT2D eigenvalue weighted by atomic mass is 10.3. The number of nitrogens with one attached hydrogen (secondary N) is 1. The van der Waals surface area contributed by atoms with Crippen LogP contribution in [0.2, 0.25) is 0 Å². The van der Waals surface area contributed by atoms with Gasteiger partial charge < -0.3 is 15.0 Å². The molecule has 1 aromatic rings. The molecular formula is C13H22N6O. The number of nitrogens with zero attached hydrogens (tertiary/aromatic N) is 5. The second-order valence-corrected chi connectivity index (χ2v) is 5.18. The Morgan fingerprint density at radius 1 is 1.15 bits per heavy atom. The number of rotatable bonds is 5. The molecule has 1 saturated heterocycles. The Bertz CT molecular complexity index is 456. The molecule has 1 saturated carbocycles. The molecule has 2 aliphatic rings. The molecule has 1 aliphatic carbocycles. The molecule has 0 spiro atoms. The summed E-state index contributed by atoms with van der Waals surface area (Å²) in [6.07, 6.45) is 2.73. The minimum absolute atomic E-state index is 0.395. The van der Waals surface area contributed by atoms with Crippen LogP contribution < -0.4 is 15.0 Å². The minimum atomic E-state index is 0.395. The molecular weight excluding hydrogens is 256 g/mol. The summed E-state index contributed by atoms with van der Waals surface area (Å²) in [6.45, 7) is 6.61. The molecule has 0 amide bonds. The van der Waals surface area contributed by atoms with Gasteiger partial charge in [0.2, 0.25) is 11.9 Å². The lowest BCUT2D eigenvalue weighted by Gasteiger charge is -2.34. The maximum Gasteiger partial charge on any atom is 0.323 e. The van der Waals surface area contributed by atoms with Gasteiger partial charge in [-0.25, -0.2) is 0 Å². The lowest BCUT2D eigenvalue weighted by Crippen LogP contribution is -2.47. The van der Waals surface area contributed by atoms with Crippen molar-refractivity contribution in [1.82, 2.24) is 19.9 Å². The second kappa shape index (κ2) is 5.78. The van der Waals surface area contributed by atoms with Crippen LogP contribution in [0.3, 0.4) is 0 Å². The average molecular weight is 278 g/mol. The first kappa shape index (κ1) is 13.4. The SMILES string of the molecule is CCOc1nc(NC)nc(N2CCN(C3CC3)CC2)n1. The third-order valence-corrected chi connectivity index (χ3v) is 3.76. The van der Waals surface area contributed by atoms with Crippen molar-refractivity contribution < 1.29 is 4.74 Å². The molecule has 20 heavy (non-hydrogen) atoms. The van der Waals surface area contributed by atoms with E-state index in [1.807, 2.05) is 6.92 Å². The Hall–Kier alpha value is -1.63. The molecule has 0 bridgehead atoms. The van der Waals surface area contributed by atoms with E-state index in [0.717, 1.165) is 32.2 Å². The van der Waals surface area contributed by atoms with E-state index in [2.05, 4.69) is 30.1 Å². The highest BCUT2D eigenvalue weighted by Gasteiger charge is 2.31. The van der Waals surface area contributed by atoms with Crippen molar-refractivity contribution >= 4 is 11.9 Å². The van der Waals surface area contributed by atoms with E-state index in [1.54, 1.807) is 7.05 Å². The van der Waals surface area contributed by atoms with Gasteiger partial charge in [-0.05, 0) is 19.8 Å². The highest BCUT2D eigenvalue weighted by atomic mass is 16.5. The highest BCUT2D eigenvalue weighted by Crippen LogP contribution is 2.28. The van der Waals surface area contributed by atoms with Gasteiger partial charge in [0.15, 0.2) is 0 Å². The summed E-state index contributed by atoms with van der Waals surface area (Å²) in [4.78, 5) is 17.8. The third-order valence-electron chi connectivity index (χ3n) is 3.76. The summed E-state index contributed by atoms with van der Waals surface area (Å²) >= 11 is 0. The Labute approximate surface area is 119 Å². The quantitative estimate of drug-likeness (QED) is 0.845. The van der Waals surface area contributed by atoms with Gasteiger partial charge in [-0.1, -0.05) is 0 Å². The molecule has 110 valence electrons. The van der Waals surface area contributed by atoms with Crippen molar-refractivity contribution in [2.24, 2.45) is 0 Å². The van der Waals surface area contributed by atoms with Gasteiger partial charge in [-0.2, -0.15) is 15.0 Å². The maximum atomic E-state index is 5.41. The van der Waals surface area contributed by atoms with Crippen molar-refractivity contribution in [2.45, 2.75) is 25.8 Å². The van der Waals surface area contributed by atoms with E-state index in [0.29, 0.717) is 24.5 Å². The van der Waals surface area contributed by atoms with Crippen molar-refractivity contribution in [2.75, 3.05) is 50.1 Å². The van der Waals surface area contributed by atoms with Gasteiger partial charge in [-0.3, -0.25) is 4.90 Å². The summed E-state index contributed by atoms with van der Waals surface area (Å²) in [5.41, 5.74) is 0. The second-order valence-electron chi connectivity index (χ2n) is 5.18. The van der Waals surface area contributed by atoms with E-state index in [9.17, 15) is 0 Å². The van der Waals surface area contributed by atoms with Gasteiger partial charge in [0.25, 0.3) is 0 Å². The van der Waals surface area contributed by atoms with Crippen LogP contribution in [0.15, 0.2) is 0 Å². The zero-order chi connectivity index (χ0) is 13.9. The molecule has 1 aromatic heterocycles. The van der Waals surface area contributed by atoms with E-state index >= 15 is 0 Å². The largest absolute Gasteiger partial charge is 0.464 e. The van der Waals surface area contributed by atoms with Crippen LogP contribution in [0.1, 0.15) is 19.8 Å². The first-order valence-corrected chi connectivity index (χ1v) is 7.35. The van der Waals surface area contributed by atoms with Gasteiger partial charge in [0.1, 0.15) is 0 Å². The molecule has 0 unspecified atom stereocenters. The number of hydrogen-bond donors (Lipinski definition) is 1. The fraction of sp³-hybridized carbons (Fsp3) is 0.769. The van der Waals surface area contributed by atoms with Crippen molar-refractivity contribution in [3.63, 3.8) is 0 Å². The number of aromatic nitrogens is 3. The molecule has 3 rings (SSSR count). The molecule has 0 radical (unpaired) electrons. The molecule has 1 N–H and O–H groups in total. The molecule has 0 aromatic carbocycles. The Balaban J connectivity index is 1.70. The predicted octanol–water partition coefficient (Wildman–Crippen LogP) is 0.596. The minimum Gasteiger partial charge on any atom is -0.464 e. The van der Waals surface area contributed by atoms with Gasteiger partial charge in [0.05, 0.1) is 6.61 Å². The maximum absolute atomic E-state index is 5.41. The Morgan fingerprint density at radius 2 is 1.90 bits per heavy atom. The van der Waals surface area contributed by atoms with Crippen LogP contribution in [0.25, 0.3) is 0 Å². The fourth-order valence-corrected chi connectivity index (χ4v) is 2.52. The molecule has 7 nitrogen and oxygen atoms in total. The standard InChI is InChI=1S/C13H22N6O/c1-3-20-13-16-11(14-2)15-12(17-13)19-8-6-18(7-9-19)10-4-5-10/h10H,3-9H2,1-2H3,(H,14,15,16,17). The van der Waals surface area contributed by atoms with E-state index in [1.165, 1.54) is 12.8 Å². The summed E-state index contributed by atoms with van der Waals surface area (Å²) < 4.78 is 5.41. The number of anilines is 2. The van der Waals surface area contributed by atoms with E-state index in [4.69, 9.17) is 4.74 Å². The van der Waals surface area contributed by atoms with Crippen molar-refractivity contribution in [1.29, 1.82) is 0 Å². The van der Waals surface area contributed by atoms with Crippen LogP contribution in [-0.2, 0) is 0 Å². The van der Waals surface area contributed by atoms with Crippen LogP contribution in [0.5, 0.6) is 6.01 Å². The van der Waals surface area contributed by atoms with Crippen molar-refractivity contribution in [3.8, 4) is 6.01 Å². The van der Waals surface area contributed by atoms with Crippen LogP contribution >= 0.6 is 0 Å². The fourth-order valence-electron chi connectivity index (χ4n) is 2.52. The summed E-state index contributed by atoms with van der Waals surface area (Å²) in [5, 5.41) is 2.96. The predicted molar refractivity (Wildman–Crippen MR) is 77.4 cm³/mol. The van der Waals surface area contributed by atoms with Gasteiger partial charge >= 0.3 is 6.01 Å². The van der Waals surface area contributed by atoms with E-state index in [-0.39, 0.29) is 0 Å². The number of hydrogen-bond acceptors (Lipinski definition) is 7. The summed E-state index contributed by atoms with van der Waals surface area (Å²) in [5.74, 6) is 1.27. The van der Waals surface area contributed by atoms with Crippen LogP contribution in [0.4, 0.5) is 11.9 Å². The van der Waals surface area contributed by atoms with Gasteiger partial charge in [-0.15, -0.1) is 0 Å². The lowest BCUT2D eigenvalue weighted by molar-refractivity contribution is 0.246. The summed E-state index contributed by atoms with van der Waals surface area (Å²) in [7, 11) is 1.81. The van der Waals surface area contributed by atoms with Gasteiger partial charge in [0, 0.05) is 39.3 Å². The van der Waals surface area contributed by atoms with E-state index < -0.39 is 0 Å². The average Bonchev–Trinajstić information content (AvgIpc) is 3.32. The first-order valence-electron chi connectivity index (χ1n) is 7.35. The monoisotopic (exact) mass is 278 g/mol. The molecule has 2 fully saturated rings. The topological polar surface area (TPSA) is 66.4 Å². The molecule has 2 heterocycles. The Kier molecular flexibility index (Phi) is 3.86. The highest BCUT2D eigenvalue weighted by molar-refractivity contribution is 5.38. The summed E-state index contributed by atoms with van der Waals surface area (Å²) in [6, 6.07) is 1.23. The third kappa shape index (κ3) is 2.92. The molecule has 7 heteroatoms.